The van der Waals surface area contributed by atoms with Gasteiger partial charge in [-0.15, -0.1) is 0 Å². The summed E-state index contributed by atoms with van der Waals surface area (Å²) in [6.45, 7) is 2.21. The van der Waals surface area contributed by atoms with E-state index in [0.29, 0.717) is 0 Å². The Morgan fingerprint density at radius 3 is 2.39 bits per heavy atom. The van der Waals surface area contributed by atoms with Crippen molar-refractivity contribution in [3.63, 3.8) is 0 Å². The second-order valence-electron chi connectivity index (χ2n) is 5.50. The highest BCUT2D eigenvalue weighted by Gasteiger charge is 2.17. The van der Waals surface area contributed by atoms with E-state index in [1.54, 1.807) is 0 Å². The molecule has 0 saturated heterocycles. The van der Waals surface area contributed by atoms with Crippen LogP contribution in [0.4, 0.5) is 5.69 Å². The lowest BCUT2D eigenvalue weighted by atomic mass is 10.0. The van der Waals surface area contributed by atoms with Crippen LogP contribution in [0, 0.1) is 6.92 Å². The molecule has 1 aromatic carbocycles. The van der Waals surface area contributed by atoms with Crippen LogP contribution in [0.15, 0.2) is 18.2 Å². The third kappa shape index (κ3) is 3.28. The molecule has 0 N–H and O–H groups in total. The lowest BCUT2D eigenvalue weighted by molar-refractivity contribution is 0.553. The van der Waals surface area contributed by atoms with E-state index < -0.39 is 0 Å². The zero-order chi connectivity index (χ0) is 13.0. The molecule has 2 heteroatoms. The second-order valence-corrected chi connectivity index (χ2v) is 6.06. The molecule has 0 heterocycles. The Balaban J connectivity index is 2.11. The Labute approximate surface area is 120 Å². The Morgan fingerprint density at radius 1 is 1.17 bits per heavy atom. The number of alkyl halides is 1. The first-order valence-corrected chi connectivity index (χ1v) is 8.23. The van der Waals surface area contributed by atoms with E-state index in [9.17, 15) is 0 Å². The van der Waals surface area contributed by atoms with Crippen molar-refractivity contribution in [3.05, 3.63) is 29.3 Å². The van der Waals surface area contributed by atoms with Gasteiger partial charge in [-0.3, -0.25) is 0 Å². The maximum absolute atomic E-state index is 3.54. The standard InChI is InChI=1S/C16H24BrN/c1-13-11-16(10-9-14(13)12-17)18(2)15-7-5-3-4-6-8-15/h9-11,15H,3-8,12H2,1-2H3. The SMILES string of the molecule is Cc1cc(N(C)C2CCCCCC2)ccc1CBr. The van der Waals surface area contributed by atoms with Gasteiger partial charge in [-0.05, 0) is 43.0 Å². The molecule has 0 atom stereocenters. The van der Waals surface area contributed by atoms with Crippen molar-refractivity contribution in [2.24, 2.45) is 0 Å². The lowest BCUT2D eigenvalue weighted by Crippen LogP contribution is -2.31. The number of aryl methyl sites for hydroxylation is 1. The number of anilines is 1. The molecule has 1 aliphatic carbocycles. The summed E-state index contributed by atoms with van der Waals surface area (Å²) in [6.07, 6.45) is 8.35. The van der Waals surface area contributed by atoms with Gasteiger partial charge in [-0.1, -0.05) is 47.7 Å². The number of nitrogens with zero attached hydrogens (tertiary/aromatic N) is 1. The number of benzene rings is 1. The van der Waals surface area contributed by atoms with Crippen molar-refractivity contribution >= 4 is 21.6 Å². The minimum absolute atomic E-state index is 0.738. The molecule has 0 aliphatic heterocycles. The second kappa shape index (κ2) is 6.60. The summed E-state index contributed by atoms with van der Waals surface area (Å²) >= 11 is 3.54. The van der Waals surface area contributed by atoms with E-state index in [4.69, 9.17) is 0 Å². The number of hydrogen-bond donors (Lipinski definition) is 0. The number of hydrogen-bond acceptors (Lipinski definition) is 1. The molecule has 1 saturated carbocycles. The molecular formula is C16H24BrN. The fourth-order valence-electron chi connectivity index (χ4n) is 2.91. The highest BCUT2D eigenvalue weighted by atomic mass is 79.9. The first-order chi connectivity index (χ1) is 8.72. The summed E-state index contributed by atoms with van der Waals surface area (Å²) < 4.78 is 0. The predicted octanol–water partition coefficient (Wildman–Crippen LogP) is 5.05. The van der Waals surface area contributed by atoms with Crippen LogP contribution in [0.3, 0.4) is 0 Å². The molecule has 1 nitrogen and oxygen atoms in total. The molecule has 0 spiro atoms. The monoisotopic (exact) mass is 309 g/mol. The fourth-order valence-corrected chi connectivity index (χ4v) is 3.53. The summed E-state index contributed by atoms with van der Waals surface area (Å²) in [7, 11) is 2.26. The van der Waals surface area contributed by atoms with E-state index in [1.165, 1.54) is 55.3 Å². The van der Waals surface area contributed by atoms with Gasteiger partial charge in [0, 0.05) is 24.1 Å². The molecule has 1 aromatic rings. The molecule has 0 amide bonds. The lowest BCUT2D eigenvalue weighted by Gasteiger charge is -2.29. The largest absolute Gasteiger partial charge is 0.372 e. The van der Waals surface area contributed by atoms with Gasteiger partial charge in [0.15, 0.2) is 0 Å². The summed E-state index contributed by atoms with van der Waals surface area (Å²) in [5.41, 5.74) is 4.17. The zero-order valence-corrected chi connectivity index (χ0v) is 13.2. The van der Waals surface area contributed by atoms with Crippen LogP contribution in [-0.4, -0.2) is 13.1 Å². The average molecular weight is 310 g/mol. The van der Waals surface area contributed by atoms with E-state index in [2.05, 4.69) is 53.0 Å². The van der Waals surface area contributed by atoms with Crippen LogP contribution in [0.5, 0.6) is 0 Å². The predicted molar refractivity (Wildman–Crippen MR) is 83.7 cm³/mol. The van der Waals surface area contributed by atoms with Gasteiger partial charge in [-0.25, -0.2) is 0 Å². The van der Waals surface area contributed by atoms with E-state index in [1.807, 2.05) is 0 Å². The third-order valence-corrected chi connectivity index (χ3v) is 4.85. The molecule has 0 aromatic heterocycles. The van der Waals surface area contributed by atoms with Crippen molar-refractivity contribution in [2.75, 3.05) is 11.9 Å². The Bertz CT molecular complexity index is 381. The zero-order valence-electron chi connectivity index (χ0n) is 11.6. The van der Waals surface area contributed by atoms with E-state index in [-0.39, 0.29) is 0 Å². The quantitative estimate of drug-likeness (QED) is 0.558. The smallest absolute Gasteiger partial charge is 0.0368 e. The fraction of sp³-hybridized carbons (Fsp3) is 0.625. The maximum atomic E-state index is 3.54. The number of halogens is 1. The molecule has 2 rings (SSSR count). The summed E-state index contributed by atoms with van der Waals surface area (Å²) in [6, 6.07) is 7.60. The van der Waals surface area contributed by atoms with Gasteiger partial charge >= 0.3 is 0 Å². The Morgan fingerprint density at radius 2 is 1.83 bits per heavy atom. The Kier molecular flexibility index (Phi) is 5.11. The van der Waals surface area contributed by atoms with Crippen LogP contribution in [-0.2, 0) is 5.33 Å². The van der Waals surface area contributed by atoms with Crippen LogP contribution in [0.25, 0.3) is 0 Å². The first-order valence-electron chi connectivity index (χ1n) is 7.10. The first kappa shape index (κ1) is 13.9. The van der Waals surface area contributed by atoms with Crippen LogP contribution >= 0.6 is 15.9 Å². The van der Waals surface area contributed by atoms with E-state index >= 15 is 0 Å². The topological polar surface area (TPSA) is 3.24 Å². The van der Waals surface area contributed by atoms with Crippen molar-refractivity contribution in [1.82, 2.24) is 0 Å². The molecule has 1 fully saturated rings. The number of rotatable bonds is 3. The van der Waals surface area contributed by atoms with Crippen LogP contribution < -0.4 is 4.90 Å². The molecule has 1 aliphatic rings. The van der Waals surface area contributed by atoms with Crippen molar-refractivity contribution in [2.45, 2.75) is 56.8 Å². The summed E-state index contributed by atoms with van der Waals surface area (Å²) in [5.74, 6) is 0. The minimum atomic E-state index is 0.738. The van der Waals surface area contributed by atoms with Gasteiger partial charge < -0.3 is 4.90 Å². The highest BCUT2D eigenvalue weighted by Crippen LogP contribution is 2.27. The molecule has 100 valence electrons. The van der Waals surface area contributed by atoms with Crippen molar-refractivity contribution in [1.29, 1.82) is 0 Å². The van der Waals surface area contributed by atoms with Gasteiger partial charge in [0.2, 0.25) is 0 Å². The maximum Gasteiger partial charge on any atom is 0.0368 e. The molecular weight excluding hydrogens is 286 g/mol. The van der Waals surface area contributed by atoms with Crippen molar-refractivity contribution < 1.29 is 0 Å². The van der Waals surface area contributed by atoms with Gasteiger partial charge in [-0.2, -0.15) is 0 Å². The molecule has 18 heavy (non-hydrogen) atoms. The molecule has 0 bridgehead atoms. The Hall–Kier alpha value is -0.500. The molecule has 0 radical (unpaired) electrons. The highest BCUT2D eigenvalue weighted by molar-refractivity contribution is 9.08. The van der Waals surface area contributed by atoms with E-state index in [0.717, 1.165) is 11.4 Å². The molecule has 0 unspecified atom stereocenters. The summed E-state index contributed by atoms with van der Waals surface area (Å²) in [4.78, 5) is 2.50. The van der Waals surface area contributed by atoms with Gasteiger partial charge in [0.05, 0.1) is 0 Å². The minimum Gasteiger partial charge on any atom is -0.372 e. The van der Waals surface area contributed by atoms with Crippen LogP contribution in [0.2, 0.25) is 0 Å². The normalized spacial score (nSPS) is 17.5. The van der Waals surface area contributed by atoms with Gasteiger partial charge in [0.25, 0.3) is 0 Å². The van der Waals surface area contributed by atoms with Crippen molar-refractivity contribution in [3.8, 4) is 0 Å². The average Bonchev–Trinajstić information content (AvgIpc) is 2.66. The van der Waals surface area contributed by atoms with Crippen LogP contribution in [0.1, 0.15) is 49.7 Å². The van der Waals surface area contributed by atoms with Gasteiger partial charge in [0.1, 0.15) is 0 Å². The summed E-state index contributed by atoms with van der Waals surface area (Å²) in [5, 5.41) is 0.951. The third-order valence-electron chi connectivity index (χ3n) is 4.25.